The van der Waals surface area contributed by atoms with Gasteiger partial charge in [-0.1, -0.05) is 6.07 Å². The molecule has 0 bridgehead atoms. The van der Waals surface area contributed by atoms with Crippen LogP contribution in [0.1, 0.15) is 44.0 Å². The Hall–Kier alpha value is -3.09. The van der Waals surface area contributed by atoms with Crippen LogP contribution >= 0.6 is 0 Å². The molecular formula is C22H27N3O4. The van der Waals surface area contributed by atoms with E-state index in [4.69, 9.17) is 9.47 Å². The molecule has 1 amide bonds. The number of amides is 1. The predicted octanol–water partition coefficient (Wildman–Crippen LogP) is 3.82. The zero-order valence-electron chi connectivity index (χ0n) is 17.6. The first-order valence-corrected chi connectivity index (χ1v) is 9.55. The van der Waals surface area contributed by atoms with Crippen LogP contribution in [-0.2, 0) is 27.7 Å². The summed E-state index contributed by atoms with van der Waals surface area (Å²) in [5.41, 5.74) is 3.82. The lowest BCUT2D eigenvalue weighted by molar-refractivity contribution is -0.139. The van der Waals surface area contributed by atoms with Crippen molar-refractivity contribution in [2.75, 3.05) is 18.6 Å². The number of benzene rings is 1. The number of anilines is 1. The largest absolute Gasteiger partial charge is 0.469 e. The summed E-state index contributed by atoms with van der Waals surface area (Å²) < 4.78 is 12.3. The Labute approximate surface area is 170 Å². The van der Waals surface area contributed by atoms with Crippen LogP contribution in [0.15, 0.2) is 30.7 Å². The molecule has 154 valence electrons. The van der Waals surface area contributed by atoms with Crippen LogP contribution in [0.2, 0.25) is 0 Å². The smallest absolute Gasteiger partial charge is 0.414 e. The molecule has 0 atom stereocenters. The molecular weight excluding hydrogens is 370 g/mol. The third-order valence-electron chi connectivity index (χ3n) is 4.54. The number of nitrogens with zero attached hydrogens (tertiary/aromatic N) is 3. The molecule has 0 saturated carbocycles. The van der Waals surface area contributed by atoms with E-state index in [2.05, 4.69) is 4.98 Å². The highest BCUT2D eigenvalue weighted by molar-refractivity contribution is 5.98. The van der Waals surface area contributed by atoms with Crippen LogP contribution in [0.3, 0.4) is 0 Å². The van der Waals surface area contributed by atoms with E-state index in [9.17, 15) is 9.59 Å². The second kappa shape index (κ2) is 8.11. The van der Waals surface area contributed by atoms with E-state index in [1.54, 1.807) is 11.2 Å². The number of imidazole rings is 1. The van der Waals surface area contributed by atoms with Crippen LogP contribution in [0.25, 0.3) is 11.6 Å². The maximum atomic E-state index is 12.7. The Kier molecular flexibility index (Phi) is 5.77. The summed E-state index contributed by atoms with van der Waals surface area (Å²) in [6.07, 6.45) is 6.16. The summed E-state index contributed by atoms with van der Waals surface area (Å²) in [6, 6.07) is 5.65. The number of aromatic nitrogens is 2. The lowest BCUT2D eigenvalue weighted by Gasteiger charge is -2.33. The lowest BCUT2D eigenvalue weighted by atomic mass is 9.92. The third kappa shape index (κ3) is 5.04. The molecule has 1 aliphatic heterocycles. The van der Waals surface area contributed by atoms with E-state index in [1.807, 2.05) is 62.9 Å². The molecule has 0 unspecified atom stereocenters. The minimum absolute atomic E-state index is 0.174. The fraction of sp³-hybridized carbons (Fsp3) is 0.409. The molecule has 0 spiro atoms. The highest BCUT2D eigenvalue weighted by Crippen LogP contribution is 2.37. The van der Waals surface area contributed by atoms with Gasteiger partial charge < -0.3 is 14.0 Å². The Bertz CT molecular complexity index is 953. The van der Waals surface area contributed by atoms with Crippen molar-refractivity contribution in [1.82, 2.24) is 9.55 Å². The van der Waals surface area contributed by atoms with E-state index in [0.29, 0.717) is 13.0 Å². The van der Waals surface area contributed by atoms with Gasteiger partial charge in [0.05, 0.1) is 31.2 Å². The monoisotopic (exact) mass is 397 g/mol. The normalized spacial score (nSPS) is 15.2. The number of rotatable bonds is 3. The molecule has 29 heavy (non-hydrogen) atoms. The Morgan fingerprint density at radius 3 is 2.66 bits per heavy atom. The van der Waals surface area contributed by atoms with Crippen LogP contribution in [0.5, 0.6) is 0 Å². The highest BCUT2D eigenvalue weighted by atomic mass is 16.6. The molecule has 3 rings (SSSR count). The zero-order valence-corrected chi connectivity index (χ0v) is 17.6. The van der Waals surface area contributed by atoms with Gasteiger partial charge in [0.2, 0.25) is 0 Å². The van der Waals surface area contributed by atoms with Gasteiger partial charge in [0.1, 0.15) is 5.60 Å². The predicted molar refractivity (Wildman–Crippen MR) is 111 cm³/mol. The number of hydrogen-bond donors (Lipinski definition) is 0. The summed E-state index contributed by atoms with van der Waals surface area (Å²) in [5, 5.41) is 0. The first-order valence-electron chi connectivity index (χ1n) is 9.55. The number of hydrogen-bond acceptors (Lipinski definition) is 5. The van der Waals surface area contributed by atoms with Gasteiger partial charge in [0.25, 0.3) is 0 Å². The number of methoxy groups -OCH3 is 1. The topological polar surface area (TPSA) is 73.7 Å². The van der Waals surface area contributed by atoms with Crippen molar-refractivity contribution in [1.29, 1.82) is 0 Å². The number of esters is 1. The number of aryl methyl sites for hydroxylation is 1. The molecule has 0 radical (unpaired) electrons. The maximum absolute atomic E-state index is 12.7. The van der Waals surface area contributed by atoms with Crippen molar-refractivity contribution in [2.24, 2.45) is 7.05 Å². The van der Waals surface area contributed by atoms with E-state index in [0.717, 1.165) is 28.1 Å². The van der Waals surface area contributed by atoms with Crippen LogP contribution in [0, 0.1) is 0 Å². The van der Waals surface area contributed by atoms with Crippen molar-refractivity contribution >= 4 is 29.4 Å². The minimum Gasteiger partial charge on any atom is -0.469 e. The molecule has 0 aliphatic carbocycles. The van der Waals surface area contributed by atoms with E-state index in [1.165, 1.54) is 7.11 Å². The van der Waals surface area contributed by atoms with Gasteiger partial charge in [-0.15, -0.1) is 0 Å². The molecule has 7 nitrogen and oxygen atoms in total. The summed E-state index contributed by atoms with van der Waals surface area (Å²) in [7, 11) is 3.29. The summed E-state index contributed by atoms with van der Waals surface area (Å²) >= 11 is 0. The third-order valence-corrected chi connectivity index (χ3v) is 4.54. The Morgan fingerprint density at radius 2 is 2.03 bits per heavy atom. The molecule has 0 N–H and O–H groups in total. The van der Waals surface area contributed by atoms with Crippen molar-refractivity contribution in [3.8, 4) is 0 Å². The zero-order chi connectivity index (χ0) is 21.2. The standard InChI is InChI=1S/C22H27N3O4/c1-22(2,3)29-21(27)25-9-8-16(12-17-13-24(4)14-23-17)18-10-15(6-7-19(18)25)11-20(26)28-5/h6-7,10,12-14H,8-9,11H2,1-5H3/b16-12+. The summed E-state index contributed by atoms with van der Waals surface area (Å²) in [6.45, 7) is 6.06. The number of carbonyl (C=O) groups is 2. The maximum Gasteiger partial charge on any atom is 0.414 e. The average Bonchev–Trinajstić information content (AvgIpc) is 3.05. The second-order valence-corrected chi connectivity index (χ2v) is 8.12. The Balaban J connectivity index is 2.01. The van der Waals surface area contributed by atoms with Gasteiger partial charge in [0.15, 0.2) is 0 Å². The van der Waals surface area contributed by atoms with Gasteiger partial charge in [-0.05, 0) is 56.5 Å². The van der Waals surface area contributed by atoms with Gasteiger partial charge in [-0.3, -0.25) is 9.69 Å². The summed E-state index contributed by atoms with van der Waals surface area (Å²) in [5.74, 6) is -0.306. The molecule has 7 heteroatoms. The van der Waals surface area contributed by atoms with Gasteiger partial charge in [0, 0.05) is 25.4 Å². The first kappa shape index (κ1) is 20.6. The SMILES string of the molecule is COC(=O)Cc1ccc2c(c1)/C(=C/c1cn(C)cn1)CCN2C(=O)OC(C)(C)C. The molecule has 0 fully saturated rings. The van der Waals surface area contributed by atoms with Gasteiger partial charge >= 0.3 is 12.1 Å². The number of ether oxygens (including phenoxy) is 2. The minimum atomic E-state index is -0.577. The van der Waals surface area contributed by atoms with Crippen molar-refractivity contribution < 1.29 is 19.1 Å². The molecule has 1 aromatic carbocycles. The lowest BCUT2D eigenvalue weighted by Crippen LogP contribution is -2.39. The highest BCUT2D eigenvalue weighted by Gasteiger charge is 2.29. The molecule has 0 saturated heterocycles. The summed E-state index contributed by atoms with van der Waals surface area (Å²) in [4.78, 5) is 30.5. The van der Waals surface area contributed by atoms with Crippen LogP contribution in [-0.4, -0.2) is 40.9 Å². The quantitative estimate of drug-likeness (QED) is 0.736. The van der Waals surface area contributed by atoms with Crippen LogP contribution < -0.4 is 4.90 Å². The van der Waals surface area contributed by atoms with Crippen LogP contribution in [0.4, 0.5) is 10.5 Å². The molecule has 1 aliphatic rings. The number of carbonyl (C=O) groups excluding carboxylic acids is 2. The van der Waals surface area contributed by atoms with Crippen molar-refractivity contribution in [3.63, 3.8) is 0 Å². The second-order valence-electron chi connectivity index (χ2n) is 8.12. The van der Waals surface area contributed by atoms with Gasteiger partial charge in [-0.25, -0.2) is 9.78 Å². The molecule has 2 aromatic rings. The van der Waals surface area contributed by atoms with Gasteiger partial charge in [-0.2, -0.15) is 0 Å². The first-order chi connectivity index (χ1) is 13.7. The van der Waals surface area contributed by atoms with E-state index in [-0.39, 0.29) is 18.5 Å². The molecule has 1 aromatic heterocycles. The fourth-order valence-electron chi connectivity index (χ4n) is 3.25. The average molecular weight is 397 g/mol. The van der Waals surface area contributed by atoms with Crippen molar-refractivity contribution in [3.05, 3.63) is 47.5 Å². The van der Waals surface area contributed by atoms with E-state index >= 15 is 0 Å². The fourth-order valence-corrected chi connectivity index (χ4v) is 3.25. The Morgan fingerprint density at radius 1 is 1.28 bits per heavy atom. The van der Waals surface area contributed by atoms with Crippen molar-refractivity contribution in [2.45, 2.75) is 39.2 Å². The van der Waals surface area contributed by atoms with E-state index < -0.39 is 5.60 Å². The number of fused-ring (bicyclic) bond motifs is 1. The molecule has 2 heterocycles.